The van der Waals surface area contributed by atoms with Crippen LogP contribution in [-0.2, 0) is 0 Å². The number of hydrogen-bond acceptors (Lipinski definition) is 2. The van der Waals surface area contributed by atoms with E-state index in [2.05, 4.69) is 48.3 Å². The molecule has 2 fully saturated rings. The predicted octanol–water partition coefficient (Wildman–Crippen LogP) is 4.52. The molecule has 0 amide bonds. The van der Waals surface area contributed by atoms with Crippen LogP contribution in [0.15, 0.2) is 24.3 Å². The van der Waals surface area contributed by atoms with Crippen molar-refractivity contribution >= 4 is 5.69 Å². The van der Waals surface area contributed by atoms with E-state index in [4.69, 9.17) is 0 Å². The third-order valence-corrected chi connectivity index (χ3v) is 5.59. The molecule has 2 aliphatic rings. The standard InChI is InChI=1S/C20H32N2/c1-3-17-13-19(21-18-7-5-4-6-8-18)15-22(14-17)20-11-9-16(2)10-12-20/h9-12,17-19,21H,3-8,13-15H2,1-2H3. The molecular weight excluding hydrogens is 268 g/mol. The van der Waals surface area contributed by atoms with Crippen molar-refractivity contribution in [2.24, 2.45) is 5.92 Å². The molecule has 0 spiro atoms. The molecule has 1 aliphatic heterocycles. The van der Waals surface area contributed by atoms with Gasteiger partial charge >= 0.3 is 0 Å². The SMILES string of the molecule is CCC1CC(NC2CCCCC2)CN(c2ccc(C)cc2)C1. The van der Waals surface area contributed by atoms with Crippen LogP contribution in [0.1, 0.15) is 57.4 Å². The molecule has 0 bridgehead atoms. The van der Waals surface area contributed by atoms with Gasteiger partial charge < -0.3 is 10.2 Å². The van der Waals surface area contributed by atoms with Gasteiger partial charge in [-0.25, -0.2) is 0 Å². The smallest absolute Gasteiger partial charge is 0.0367 e. The lowest BCUT2D eigenvalue weighted by Gasteiger charge is -2.41. The quantitative estimate of drug-likeness (QED) is 0.879. The van der Waals surface area contributed by atoms with E-state index >= 15 is 0 Å². The maximum atomic E-state index is 3.99. The van der Waals surface area contributed by atoms with Crippen molar-refractivity contribution in [3.8, 4) is 0 Å². The number of piperidine rings is 1. The zero-order chi connectivity index (χ0) is 15.4. The van der Waals surface area contributed by atoms with Crippen LogP contribution in [0.5, 0.6) is 0 Å². The largest absolute Gasteiger partial charge is 0.370 e. The third kappa shape index (κ3) is 4.04. The minimum absolute atomic E-state index is 0.670. The third-order valence-electron chi connectivity index (χ3n) is 5.59. The van der Waals surface area contributed by atoms with Gasteiger partial charge in [0.1, 0.15) is 0 Å². The topological polar surface area (TPSA) is 15.3 Å². The first-order valence-corrected chi connectivity index (χ1v) is 9.32. The fraction of sp³-hybridized carbons (Fsp3) is 0.700. The van der Waals surface area contributed by atoms with Crippen molar-refractivity contribution in [1.29, 1.82) is 0 Å². The number of rotatable bonds is 4. The molecule has 2 atom stereocenters. The Morgan fingerprint density at radius 3 is 2.41 bits per heavy atom. The summed E-state index contributed by atoms with van der Waals surface area (Å²) in [4.78, 5) is 2.61. The van der Waals surface area contributed by atoms with Gasteiger partial charge in [-0.1, -0.05) is 50.3 Å². The summed E-state index contributed by atoms with van der Waals surface area (Å²) in [6.45, 7) is 6.92. The normalized spacial score (nSPS) is 27.1. The highest BCUT2D eigenvalue weighted by atomic mass is 15.2. The first-order valence-electron chi connectivity index (χ1n) is 9.32. The Labute approximate surface area is 136 Å². The number of aryl methyl sites for hydroxylation is 1. The van der Waals surface area contributed by atoms with Crippen LogP contribution in [0.3, 0.4) is 0 Å². The molecule has 1 aromatic rings. The Kier molecular flexibility index (Phi) is 5.41. The van der Waals surface area contributed by atoms with E-state index in [1.165, 1.54) is 69.3 Å². The minimum atomic E-state index is 0.670. The second-order valence-corrected chi connectivity index (χ2v) is 7.45. The highest BCUT2D eigenvalue weighted by Gasteiger charge is 2.28. The Hall–Kier alpha value is -1.02. The molecule has 1 N–H and O–H groups in total. The highest BCUT2D eigenvalue weighted by Crippen LogP contribution is 2.27. The highest BCUT2D eigenvalue weighted by molar-refractivity contribution is 5.48. The lowest BCUT2D eigenvalue weighted by molar-refractivity contribution is 0.273. The van der Waals surface area contributed by atoms with Crippen molar-refractivity contribution in [2.45, 2.75) is 70.9 Å². The molecule has 2 unspecified atom stereocenters. The monoisotopic (exact) mass is 300 g/mol. The summed E-state index contributed by atoms with van der Waals surface area (Å²) in [6, 6.07) is 10.5. The van der Waals surface area contributed by atoms with E-state index < -0.39 is 0 Å². The lowest BCUT2D eigenvalue weighted by atomic mass is 9.89. The molecule has 2 heteroatoms. The zero-order valence-corrected chi connectivity index (χ0v) is 14.4. The molecule has 1 saturated heterocycles. The van der Waals surface area contributed by atoms with Gasteiger partial charge in [0, 0.05) is 30.9 Å². The van der Waals surface area contributed by atoms with Gasteiger partial charge in [0.25, 0.3) is 0 Å². The van der Waals surface area contributed by atoms with Gasteiger partial charge in [-0.2, -0.15) is 0 Å². The van der Waals surface area contributed by atoms with E-state index in [1.807, 2.05) is 0 Å². The van der Waals surface area contributed by atoms with Gasteiger partial charge in [0.05, 0.1) is 0 Å². The lowest BCUT2D eigenvalue weighted by Crippen LogP contribution is -2.52. The minimum Gasteiger partial charge on any atom is -0.370 e. The van der Waals surface area contributed by atoms with Gasteiger partial charge in [-0.05, 0) is 44.2 Å². The predicted molar refractivity (Wildman–Crippen MR) is 95.6 cm³/mol. The molecule has 2 nitrogen and oxygen atoms in total. The van der Waals surface area contributed by atoms with Crippen molar-refractivity contribution in [2.75, 3.05) is 18.0 Å². The van der Waals surface area contributed by atoms with Gasteiger partial charge in [0.2, 0.25) is 0 Å². The second-order valence-electron chi connectivity index (χ2n) is 7.45. The van der Waals surface area contributed by atoms with Crippen LogP contribution in [0.25, 0.3) is 0 Å². The Morgan fingerprint density at radius 2 is 1.73 bits per heavy atom. The van der Waals surface area contributed by atoms with E-state index in [9.17, 15) is 0 Å². The van der Waals surface area contributed by atoms with Crippen LogP contribution in [0.4, 0.5) is 5.69 Å². The molecule has 1 heterocycles. The fourth-order valence-electron chi connectivity index (χ4n) is 4.19. The number of benzene rings is 1. The zero-order valence-electron chi connectivity index (χ0n) is 14.4. The van der Waals surface area contributed by atoms with Gasteiger partial charge in [-0.3, -0.25) is 0 Å². The first kappa shape index (κ1) is 15.9. The number of nitrogens with one attached hydrogen (secondary N) is 1. The summed E-state index contributed by atoms with van der Waals surface area (Å²) in [6.07, 6.45) is 9.71. The Bertz CT molecular complexity index is 447. The van der Waals surface area contributed by atoms with E-state index in [0.717, 1.165) is 12.0 Å². The van der Waals surface area contributed by atoms with Crippen LogP contribution in [-0.4, -0.2) is 25.2 Å². The van der Waals surface area contributed by atoms with E-state index in [1.54, 1.807) is 0 Å². The molecular formula is C20H32N2. The van der Waals surface area contributed by atoms with Crippen LogP contribution in [0.2, 0.25) is 0 Å². The van der Waals surface area contributed by atoms with Crippen LogP contribution in [0, 0.1) is 12.8 Å². The maximum absolute atomic E-state index is 3.99. The fourth-order valence-corrected chi connectivity index (χ4v) is 4.19. The molecule has 0 aromatic heterocycles. The molecule has 0 radical (unpaired) electrons. The Balaban J connectivity index is 1.65. The van der Waals surface area contributed by atoms with Crippen molar-refractivity contribution < 1.29 is 0 Å². The summed E-state index contributed by atoms with van der Waals surface area (Å²) in [5, 5.41) is 3.99. The molecule has 22 heavy (non-hydrogen) atoms. The van der Waals surface area contributed by atoms with E-state index in [0.29, 0.717) is 6.04 Å². The van der Waals surface area contributed by atoms with Crippen LogP contribution < -0.4 is 10.2 Å². The number of hydrogen-bond donors (Lipinski definition) is 1. The molecule has 1 saturated carbocycles. The Morgan fingerprint density at radius 1 is 1.00 bits per heavy atom. The molecule has 3 rings (SSSR count). The average Bonchev–Trinajstić information content (AvgIpc) is 2.56. The summed E-state index contributed by atoms with van der Waals surface area (Å²) >= 11 is 0. The van der Waals surface area contributed by atoms with E-state index in [-0.39, 0.29) is 0 Å². The summed E-state index contributed by atoms with van der Waals surface area (Å²) < 4.78 is 0. The summed E-state index contributed by atoms with van der Waals surface area (Å²) in [5.74, 6) is 0.830. The molecule has 1 aromatic carbocycles. The number of anilines is 1. The van der Waals surface area contributed by atoms with Crippen molar-refractivity contribution in [1.82, 2.24) is 5.32 Å². The summed E-state index contributed by atoms with van der Waals surface area (Å²) in [7, 11) is 0. The second kappa shape index (κ2) is 7.50. The molecule has 122 valence electrons. The van der Waals surface area contributed by atoms with Gasteiger partial charge in [0.15, 0.2) is 0 Å². The van der Waals surface area contributed by atoms with Gasteiger partial charge in [-0.15, -0.1) is 0 Å². The first-order chi connectivity index (χ1) is 10.7. The maximum Gasteiger partial charge on any atom is 0.0367 e. The summed E-state index contributed by atoms with van der Waals surface area (Å²) in [5.41, 5.74) is 2.75. The van der Waals surface area contributed by atoms with Crippen molar-refractivity contribution in [3.05, 3.63) is 29.8 Å². The average molecular weight is 300 g/mol. The molecule has 1 aliphatic carbocycles. The number of nitrogens with zero attached hydrogens (tertiary/aromatic N) is 1. The van der Waals surface area contributed by atoms with Crippen molar-refractivity contribution in [3.63, 3.8) is 0 Å². The van der Waals surface area contributed by atoms with Crippen LogP contribution >= 0.6 is 0 Å².